The lowest BCUT2D eigenvalue weighted by Crippen LogP contribution is -2.32. The minimum absolute atomic E-state index is 0.0499. The van der Waals surface area contributed by atoms with Gasteiger partial charge in [0.25, 0.3) is 10.0 Å². The Hall–Kier alpha value is -2.92. The van der Waals surface area contributed by atoms with Crippen molar-refractivity contribution in [3.05, 3.63) is 112 Å². The zero-order valence-electron chi connectivity index (χ0n) is 20.1. The molecule has 3 aromatic carbocycles. The molecule has 0 saturated carbocycles. The molecular formula is C27H25Cl2N3O5S. The van der Waals surface area contributed by atoms with Crippen LogP contribution >= 0.6 is 23.2 Å². The summed E-state index contributed by atoms with van der Waals surface area (Å²) in [4.78, 5) is 4.21. The van der Waals surface area contributed by atoms with E-state index in [0.717, 1.165) is 11.1 Å². The first-order chi connectivity index (χ1) is 18.3. The highest BCUT2D eigenvalue weighted by atomic mass is 35.5. The van der Waals surface area contributed by atoms with Crippen LogP contribution in [0.5, 0.6) is 0 Å². The van der Waals surface area contributed by atoms with E-state index in [1.54, 1.807) is 47.3 Å². The molecule has 1 fully saturated rings. The monoisotopic (exact) mass is 573 g/mol. The predicted molar refractivity (Wildman–Crippen MR) is 144 cm³/mol. The van der Waals surface area contributed by atoms with Gasteiger partial charge in [-0.1, -0.05) is 77.8 Å². The van der Waals surface area contributed by atoms with Crippen LogP contribution in [0.4, 0.5) is 5.69 Å². The van der Waals surface area contributed by atoms with Gasteiger partial charge in [0.15, 0.2) is 11.4 Å². The third-order valence-corrected chi connectivity index (χ3v) is 8.38. The van der Waals surface area contributed by atoms with Crippen molar-refractivity contribution >= 4 is 38.9 Å². The molecule has 1 saturated heterocycles. The molecule has 0 radical (unpaired) electrons. The van der Waals surface area contributed by atoms with Crippen LogP contribution in [0, 0.1) is 0 Å². The number of sulfonamides is 1. The number of rotatable bonds is 8. The van der Waals surface area contributed by atoms with Gasteiger partial charge in [-0.2, -0.15) is 0 Å². The third kappa shape index (κ3) is 6.04. The van der Waals surface area contributed by atoms with E-state index in [0.29, 0.717) is 29.4 Å². The maximum atomic E-state index is 12.8. The highest BCUT2D eigenvalue weighted by Crippen LogP contribution is 2.39. The summed E-state index contributed by atoms with van der Waals surface area (Å²) in [6.07, 6.45) is 0.664. The van der Waals surface area contributed by atoms with Gasteiger partial charge in [-0.15, -0.1) is 0 Å². The van der Waals surface area contributed by atoms with Crippen molar-refractivity contribution in [2.45, 2.75) is 43.0 Å². The summed E-state index contributed by atoms with van der Waals surface area (Å²) < 4.78 is 42.7. The highest BCUT2D eigenvalue weighted by Gasteiger charge is 2.33. The Morgan fingerprint density at radius 3 is 2.42 bits per heavy atom. The second-order valence-corrected chi connectivity index (χ2v) is 11.3. The first-order valence-electron chi connectivity index (χ1n) is 11.9. The Kier molecular flexibility index (Phi) is 8.04. The topological polar surface area (TPSA) is 103 Å². The lowest BCUT2D eigenvalue weighted by Gasteiger charge is -2.36. The summed E-state index contributed by atoms with van der Waals surface area (Å²) in [5.41, 5.74) is 2.76. The number of benzene rings is 3. The number of imidazole rings is 1. The number of nitrogens with zero attached hydrogens (tertiary/aromatic N) is 2. The Morgan fingerprint density at radius 2 is 1.74 bits per heavy atom. The Bertz CT molecular complexity index is 1500. The number of halogens is 2. The number of hydrogen-bond acceptors (Lipinski definition) is 6. The van der Waals surface area contributed by atoms with E-state index >= 15 is 0 Å². The summed E-state index contributed by atoms with van der Waals surface area (Å²) >= 11 is 12.3. The van der Waals surface area contributed by atoms with Crippen molar-refractivity contribution < 1.29 is 23.0 Å². The van der Waals surface area contributed by atoms with E-state index in [4.69, 9.17) is 32.7 Å². The fraction of sp³-hybridized carbons (Fsp3) is 0.222. The minimum Gasteiger partial charge on any atom is -0.392 e. The number of nitrogens with one attached hydrogen (secondary N) is 1. The molecule has 11 heteroatoms. The van der Waals surface area contributed by atoms with Gasteiger partial charge in [-0.05, 0) is 35.4 Å². The molecule has 0 amide bonds. The normalized spacial score (nSPS) is 19.8. The fourth-order valence-electron chi connectivity index (χ4n) is 4.28. The molecule has 1 aliphatic heterocycles. The molecule has 198 valence electrons. The first-order valence-corrected chi connectivity index (χ1v) is 14.1. The van der Waals surface area contributed by atoms with Crippen molar-refractivity contribution in [2.24, 2.45) is 0 Å². The molecular weight excluding hydrogens is 549 g/mol. The van der Waals surface area contributed by atoms with Crippen molar-refractivity contribution in [1.82, 2.24) is 9.55 Å². The van der Waals surface area contributed by atoms with E-state index in [9.17, 15) is 13.5 Å². The summed E-state index contributed by atoms with van der Waals surface area (Å²) in [6, 6.07) is 22.6. The molecule has 1 aliphatic rings. The van der Waals surface area contributed by atoms with Gasteiger partial charge in [-0.25, -0.2) is 13.4 Å². The number of aliphatic hydroxyl groups excluding tert-OH is 1. The van der Waals surface area contributed by atoms with Crippen LogP contribution in [0.25, 0.3) is 0 Å². The maximum absolute atomic E-state index is 12.8. The molecule has 38 heavy (non-hydrogen) atoms. The van der Waals surface area contributed by atoms with Gasteiger partial charge in [0.05, 0.1) is 36.6 Å². The third-order valence-electron chi connectivity index (χ3n) is 6.21. The molecule has 3 atom stereocenters. The fourth-order valence-corrected chi connectivity index (χ4v) is 5.67. The standard InChI is InChI=1S/C27H25Cl2N3O5S/c28-25-26(29)32(17-30-25)15-22-14-24(19-11-9-18(16-33)10-12-19)37-27(36-22)20-5-4-6-21(13-20)31-38(34,35)23-7-2-1-3-8-23/h1-13,17,22,24,27,31,33H,14-16H2/t22-,24+,27?/m0/s1. The number of hydrogen-bond donors (Lipinski definition) is 2. The summed E-state index contributed by atoms with van der Waals surface area (Å²) in [5.74, 6) is 0. The largest absolute Gasteiger partial charge is 0.392 e. The summed E-state index contributed by atoms with van der Waals surface area (Å²) in [5, 5.41) is 9.94. The molecule has 1 aromatic heterocycles. The quantitative estimate of drug-likeness (QED) is 0.279. The van der Waals surface area contributed by atoms with Crippen LogP contribution in [-0.2, 0) is 32.6 Å². The predicted octanol–water partition coefficient (Wildman–Crippen LogP) is 5.73. The Morgan fingerprint density at radius 1 is 0.974 bits per heavy atom. The number of anilines is 1. The van der Waals surface area contributed by atoms with Crippen molar-refractivity contribution in [1.29, 1.82) is 0 Å². The van der Waals surface area contributed by atoms with Crippen molar-refractivity contribution in [2.75, 3.05) is 4.72 Å². The van der Waals surface area contributed by atoms with E-state index in [1.807, 2.05) is 30.3 Å². The smallest absolute Gasteiger partial charge is 0.261 e. The number of aromatic nitrogens is 2. The average molecular weight is 574 g/mol. The van der Waals surface area contributed by atoms with Gasteiger partial charge in [0.1, 0.15) is 5.15 Å². The van der Waals surface area contributed by atoms with Gasteiger partial charge in [0, 0.05) is 17.7 Å². The zero-order chi connectivity index (χ0) is 26.7. The highest BCUT2D eigenvalue weighted by molar-refractivity contribution is 7.92. The molecule has 0 bridgehead atoms. The van der Waals surface area contributed by atoms with Crippen LogP contribution in [0.3, 0.4) is 0 Å². The van der Waals surface area contributed by atoms with E-state index in [2.05, 4.69) is 9.71 Å². The molecule has 5 rings (SSSR count). The molecule has 2 heterocycles. The van der Waals surface area contributed by atoms with Crippen LogP contribution in [0.2, 0.25) is 10.3 Å². The number of ether oxygens (including phenoxy) is 2. The van der Waals surface area contributed by atoms with Crippen molar-refractivity contribution in [3.63, 3.8) is 0 Å². The van der Waals surface area contributed by atoms with E-state index in [-0.39, 0.29) is 28.9 Å². The first kappa shape index (κ1) is 26.7. The van der Waals surface area contributed by atoms with Gasteiger partial charge in [0.2, 0.25) is 0 Å². The van der Waals surface area contributed by atoms with Gasteiger partial charge in [-0.3, -0.25) is 4.72 Å². The minimum atomic E-state index is -3.76. The van der Waals surface area contributed by atoms with Gasteiger partial charge >= 0.3 is 0 Å². The summed E-state index contributed by atoms with van der Waals surface area (Å²) in [6.45, 7) is 0.343. The molecule has 0 spiro atoms. The lowest BCUT2D eigenvalue weighted by molar-refractivity contribution is -0.252. The Labute approximate surface area is 230 Å². The van der Waals surface area contributed by atoms with E-state index < -0.39 is 16.3 Å². The van der Waals surface area contributed by atoms with Crippen LogP contribution in [0.1, 0.15) is 35.5 Å². The van der Waals surface area contributed by atoms with Gasteiger partial charge < -0.3 is 19.1 Å². The van der Waals surface area contributed by atoms with Crippen LogP contribution in [-0.4, -0.2) is 29.2 Å². The summed E-state index contributed by atoms with van der Waals surface area (Å²) in [7, 11) is -3.76. The van der Waals surface area contributed by atoms with Crippen molar-refractivity contribution in [3.8, 4) is 0 Å². The number of aliphatic hydroxyl groups is 1. The molecule has 4 aromatic rings. The zero-order valence-corrected chi connectivity index (χ0v) is 22.4. The second-order valence-electron chi connectivity index (χ2n) is 8.87. The molecule has 1 unspecified atom stereocenters. The second kappa shape index (κ2) is 11.4. The lowest BCUT2D eigenvalue weighted by atomic mass is 10.00. The SMILES string of the molecule is O=S(=O)(Nc1cccc(C2O[C@H](Cn3cnc(Cl)c3Cl)C[C@H](c3ccc(CO)cc3)O2)c1)c1ccccc1. The Balaban J connectivity index is 1.41. The van der Waals surface area contributed by atoms with E-state index in [1.165, 1.54) is 12.1 Å². The molecule has 2 N–H and O–H groups in total. The average Bonchev–Trinajstić information content (AvgIpc) is 3.25. The van der Waals surface area contributed by atoms with Crippen LogP contribution in [0.15, 0.2) is 90.1 Å². The molecule has 0 aliphatic carbocycles. The van der Waals surface area contributed by atoms with Crippen LogP contribution < -0.4 is 4.72 Å². The maximum Gasteiger partial charge on any atom is 0.261 e. The molecule has 8 nitrogen and oxygen atoms in total.